The third-order valence-electron chi connectivity index (χ3n) is 4.20. The molecule has 1 aliphatic heterocycles. The Hall–Kier alpha value is -1.97. The van der Waals surface area contributed by atoms with Crippen molar-refractivity contribution < 1.29 is 27.5 Å². The number of rotatable bonds is 8. The Labute approximate surface area is 152 Å². The summed E-state index contributed by atoms with van der Waals surface area (Å²) in [4.78, 5) is 23.5. The zero-order chi connectivity index (χ0) is 18.6. The predicted octanol–water partition coefficient (Wildman–Crippen LogP) is 0.579. The molecule has 0 aromatic heterocycles. The molecule has 1 heterocycles. The van der Waals surface area contributed by atoms with Crippen LogP contribution in [-0.4, -0.2) is 52.2 Å². The summed E-state index contributed by atoms with van der Waals surface area (Å²) in [7, 11) is -3.67. The molecule has 1 atom stereocenters. The second kappa shape index (κ2) is 8.15. The summed E-state index contributed by atoms with van der Waals surface area (Å²) in [5, 5.41) is 2.71. The number of esters is 1. The lowest BCUT2D eigenvalue weighted by Gasteiger charge is -2.11. The summed E-state index contributed by atoms with van der Waals surface area (Å²) in [6.45, 7) is 0.530. The predicted molar refractivity (Wildman–Crippen MR) is 92.1 cm³/mol. The highest BCUT2D eigenvalue weighted by Crippen LogP contribution is 2.18. The molecule has 0 spiro atoms. The van der Waals surface area contributed by atoms with E-state index >= 15 is 0 Å². The van der Waals surface area contributed by atoms with Crippen LogP contribution in [0.5, 0.6) is 0 Å². The number of amides is 1. The number of benzene rings is 1. The molecular weight excluding hydrogens is 360 g/mol. The first-order chi connectivity index (χ1) is 12.4. The van der Waals surface area contributed by atoms with E-state index < -0.39 is 16.0 Å². The molecule has 0 unspecified atom stereocenters. The van der Waals surface area contributed by atoms with Crippen molar-refractivity contribution in [3.8, 4) is 0 Å². The van der Waals surface area contributed by atoms with E-state index in [4.69, 9.17) is 9.47 Å². The molecular formula is C17H22N2O6S. The van der Waals surface area contributed by atoms with Gasteiger partial charge in [-0.05, 0) is 49.9 Å². The molecule has 142 valence electrons. The van der Waals surface area contributed by atoms with Gasteiger partial charge in [-0.25, -0.2) is 17.9 Å². The summed E-state index contributed by atoms with van der Waals surface area (Å²) < 4.78 is 37.3. The van der Waals surface area contributed by atoms with Gasteiger partial charge in [0.25, 0.3) is 5.91 Å². The molecule has 1 saturated carbocycles. The van der Waals surface area contributed by atoms with Gasteiger partial charge in [-0.15, -0.1) is 0 Å². The highest BCUT2D eigenvalue weighted by atomic mass is 32.2. The largest absolute Gasteiger partial charge is 0.452 e. The molecule has 9 heteroatoms. The van der Waals surface area contributed by atoms with Gasteiger partial charge in [0.2, 0.25) is 10.0 Å². The molecule has 2 N–H and O–H groups in total. The second-order valence-electron chi connectivity index (χ2n) is 6.43. The van der Waals surface area contributed by atoms with Crippen molar-refractivity contribution in [1.29, 1.82) is 0 Å². The van der Waals surface area contributed by atoms with Crippen molar-refractivity contribution in [2.24, 2.45) is 0 Å². The number of carbonyl (C=O) groups excluding carboxylic acids is 2. The molecule has 26 heavy (non-hydrogen) atoms. The minimum Gasteiger partial charge on any atom is -0.452 e. The number of carbonyl (C=O) groups is 2. The van der Waals surface area contributed by atoms with Crippen LogP contribution in [0.3, 0.4) is 0 Å². The van der Waals surface area contributed by atoms with E-state index in [1.807, 2.05) is 0 Å². The van der Waals surface area contributed by atoms with Gasteiger partial charge in [0.05, 0.1) is 16.6 Å². The Morgan fingerprint density at radius 3 is 2.50 bits per heavy atom. The molecule has 1 aromatic rings. The Morgan fingerprint density at radius 1 is 1.15 bits per heavy atom. The second-order valence-corrected chi connectivity index (χ2v) is 8.20. The molecule has 3 rings (SSSR count). The normalized spacial score (nSPS) is 19.9. The Kier molecular flexibility index (Phi) is 5.90. The first kappa shape index (κ1) is 18.8. The first-order valence-electron chi connectivity index (χ1n) is 8.62. The van der Waals surface area contributed by atoms with Crippen LogP contribution < -0.4 is 10.0 Å². The van der Waals surface area contributed by atoms with E-state index in [1.54, 1.807) is 0 Å². The number of hydrogen-bond donors (Lipinski definition) is 2. The highest BCUT2D eigenvalue weighted by Gasteiger charge is 2.24. The fourth-order valence-electron chi connectivity index (χ4n) is 2.57. The van der Waals surface area contributed by atoms with Gasteiger partial charge < -0.3 is 14.8 Å². The van der Waals surface area contributed by atoms with Crippen molar-refractivity contribution in [2.45, 2.75) is 42.7 Å². The maximum absolute atomic E-state index is 12.3. The Morgan fingerprint density at radius 2 is 1.88 bits per heavy atom. The van der Waals surface area contributed by atoms with E-state index in [-0.39, 0.29) is 41.7 Å². The van der Waals surface area contributed by atoms with Gasteiger partial charge in [-0.1, -0.05) is 0 Å². The van der Waals surface area contributed by atoms with Gasteiger partial charge in [-0.3, -0.25) is 4.79 Å². The SMILES string of the molecule is O=C(COC(=O)c1ccc(S(=O)(=O)NC[C@H]2CCCO2)cc1)NC1CC1. The minimum atomic E-state index is -3.67. The third-order valence-corrected chi connectivity index (χ3v) is 5.64. The molecule has 2 aliphatic rings. The molecule has 0 radical (unpaired) electrons. The van der Waals surface area contributed by atoms with Gasteiger partial charge in [0.1, 0.15) is 0 Å². The van der Waals surface area contributed by atoms with Crippen molar-refractivity contribution in [3.05, 3.63) is 29.8 Å². The van der Waals surface area contributed by atoms with Crippen molar-refractivity contribution in [2.75, 3.05) is 19.8 Å². The van der Waals surface area contributed by atoms with E-state index in [2.05, 4.69) is 10.0 Å². The average molecular weight is 382 g/mol. The number of nitrogens with one attached hydrogen (secondary N) is 2. The average Bonchev–Trinajstić information content (AvgIpc) is 3.28. The number of ether oxygens (including phenoxy) is 2. The lowest BCUT2D eigenvalue weighted by atomic mass is 10.2. The minimum absolute atomic E-state index is 0.0542. The van der Waals surface area contributed by atoms with Crippen LogP contribution in [0.4, 0.5) is 0 Å². The lowest BCUT2D eigenvalue weighted by molar-refractivity contribution is -0.124. The van der Waals surface area contributed by atoms with E-state index in [9.17, 15) is 18.0 Å². The van der Waals surface area contributed by atoms with Crippen molar-refractivity contribution in [1.82, 2.24) is 10.0 Å². The van der Waals surface area contributed by atoms with E-state index in [0.29, 0.717) is 6.61 Å². The summed E-state index contributed by atoms with van der Waals surface area (Å²) >= 11 is 0. The standard InChI is InChI=1S/C17H22N2O6S/c20-16(19-13-5-6-13)11-25-17(21)12-3-7-15(8-4-12)26(22,23)18-10-14-2-1-9-24-14/h3-4,7-8,13-14,18H,1-2,5-6,9-11H2,(H,19,20)/t14-/m1/s1. The fraction of sp³-hybridized carbons (Fsp3) is 0.529. The topological polar surface area (TPSA) is 111 Å². The van der Waals surface area contributed by atoms with Crippen LogP contribution >= 0.6 is 0 Å². The van der Waals surface area contributed by atoms with E-state index in [1.165, 1.54) is 24.3 Å². The molecule has 8 nitrogen and oxygen atoms in total. The maximum atomic E-state index is 12.3. The van der Waals surface area contributed by atoms with Gasteiger partial charge in [-0.2, -0.15) is 0 Å². The molecule has 2 fully saturated rings. The molecule has 1 amide bonds. The van der Waals surface area contributed by atoms with E-state index in [0.717, 1.165) is 25.7 Å². The fourth-order valence-corrected chi connectivity index (χ4v) is 3.64. The Balaban J connectivity index is 1.51. The van der Waals surface area contributed by atoms with Crippen LogP contribution in [0.25, 0.3) is 0 Å². The van der Waals surface area contributed by atoms with Crippen molar-refractivity contribution in [3.63, 3.8) is 0 Å². The first-order valence-corrected chi connectivity index (χ1v) is 10.1. The van der Waals surface area contributed by atoms with Gasteiger partial charge >= 0.3 is 5.97 Å². The lowest BCUT2D eigenvalue weighted by Crippen LogP contribution is -2.31. The maximum Gasteiger partial charge on any atom is 0.338 e. The molecule has 0 bridgehead atoms. The summed E-state index contributed by atoms with van der Waals surface area (Å²) in [6, 6.07) is 5.59. The highest BCUT2D eigenvalue weighted by molar-refractivity contribution is 7.89. The van der Waals surface area contributed by atoms with Crippen LogP contribution in [0.15, 0.2) is 29.2 Å². The molecule has 1 saturated heterocycles. The van der Waals surface area contributed by atoms with Gasteiger partial charge in [0.15, 0.2) is 6.61 Å². The third kappa shape index (κ3) is 5.26. The molecule has 1 aliphatic carbocycles. The smallest absolute Gasteiger partial charge is 0.338 e. The quantitative estimate of drug-likeness (QED) is 0.636. The van der Waals surface area contributed by atoms with Crippen LogP contribution in [0.2, 0.25) is 0 Å². The van der Waals surface area contributed by atoms with Crippen LogP contribution in [-0.2, 0) is 24.3 Å². The number of hydrogen-bond acceptors (Lipinski definition) is 6. The zero-order valence-electron chi connectivity index (χ0n) is 14.3. The van der Waals surface area contributed by atoms with Gasteiger partial charge in [0, 0.05) is 19.2 Å². The summed E-state index contributed by atoms with van der Waals surface area (Å²) in [5.74, 6) is -1.01. The summed E-state index contributed by atoms with van der Waals surface area (Å²) in [6.07, 6.45) is 3.58. The Bertz CT molecular complexity index is 752. The molecule has 1 aromatic carbocycles. The summed E-state index contributed by atoms with van der Waals surface area (Å²) in [5.41, 5.74) is 0.183. The van der Waals surface area contributed by atoms with Crippen LogP contribution in [0.1, 0.15) is 36.0 Å². The monoisotopic (exact) mass is 382 g/mol. The number of sulfonamides is 1. The zero-order valence-corrected chi connectivity index (χ0v) is 15.1. The van der Waals surface area contributed by atoms with Crippen molar-refractivity contribution >= 4 is 21.9 Å². The van der Waals surface area contributed by atoms with Crippen LogP contribution in [0, 0.1) is 0 Å².